The van der Waals surface area contributed by atoms with Crippen LogP contribution in [0.2, 0.25) is 0 Å². The zero-order valence-corrected chi connectivity index (χ0v) is 8.28. The van der Waals surface area contributed by atoms with E-state index in [4.69, 9.17) is 5.11 Å². The molecular weight excluding hydrogens is 170 g/mol. The van der Waals surface area contributed by atoms with Crippen molar-refractivity contribution in [2.75, 3.05) is 7.11 Å². The number of aliphatic hydroxyl groups excluding tert-OH is 1. The molecule has 0 spiro atoms. The van der Waals surface area contributed by atoms with E-state index in [1.807, 2.05) is 6.92 Å². The maximum absolute atomic E-state index is 10.6. The van der Waals surface area contributed by atoms with Crippen molar-refractivity contribution in [3.05, 3.63) is 12.3 Å². The van der Waals surface area contributed by atoms with Crippen LogP contribution >= 0.6 is 0 Å². The van der Waals surface area contributed by atoms with Crippen LogP contribution in [0, 0.1) is 0 Å². The van der Waals surface area contributed by atoms with Gasteiger partial charge in [0.15, 0.2) is 0 Å². The number of hydrogen-bond acceptors (Lipinski definition) is 4. The molecular formula is C9H17NO3. The SMILES string of the molecule is COC(=O)/C=C/NC(C)CC(C)O. The van der Waals surface area contributed by atoms with Gasteiger partial charge in [0.25, 0.3) is 0 Å². The Labute approximate surface area is 78.6 Å². The molecule has 0 saturated carbocycles. The molecule has 0 rings (SSSR count). The molecule has 0 aromatic heterocycles. The highest BCUT2D eigenvalue weighted by atomic mass is 16.5. The second-order valence-electron chi connectivity index (χ2n) is 3.01. The third kappa shape index (κ3) is 7.33. The minimum Gasteiger partial charge on any atom is -0.466 e. The Morgan fingerprint density at radius 2 is 2.23 bits per heavy atom. The van der Waals surface area contributed by atoms with Crippen molar-refractivity contribution >= 4 is 5.97 Å². The molecule has 0 amide bonds. The topological polar surface area (TPSA) is 58.6 Å². The van der Waals surface area contributed by atoms with Crippen LogP contribution in [0.25, 0.3) is 0 Å². The first-order chi connectivity index (χ1) is 6.06. The monoisotopic (exact) mass is 187 g/mol. The highest BCUT2D eigenvalue weighted by molar-refractivity contribution is 5.81. The van der Waals surface area contributed by atoms with Crippen LogP contribution < -0.4 is 5.32 Å². The second kappa shape index (κ2) is 6.48. The number of methoxy groups -OCH3 is 1. The maximum Gasteiger partial charge on any atom is 0.331 e. The van der Waals surface area contributed by atoms with Crippen LogP contribution in [0.15, 0.2) is 12.3 Å². The van der Waals surface area contributed by atoms with Crippen molar-refractivity contribution in [3.63, 3.8) is 0 Å². The summed E-state index contributed by atoms with van der Waals surface area (Å²) in [5.41, 5.74) is 0. The Balaban J connectivity index is 3.62. The van der Waals surface area contributed by atoms with Crippen LogP contribution in [0.1, 0.15) is 20.3 Å². The number of carbonyl (C=O) groups is 1. The predicted molar refractivity (Wildman–Crippen MR) is 50.1 cm³/mol. The van der Waals surface area contributed by atoms with E-state index in [2.05, 4.69) is 10.1 Å². The molecule has 0 fully saturated rings. The van der Waals surface area contributed by atoms with Crippen molar-refractivity contribution in [1.29, 1.82) is 0 Å². The highest BCUT2D eigenvalue weighted by Gasteiger charge is 2.02. The first kappa shape index (κ1) is 12.0. The van der Waals surface area contributed by atoms with E-state index >= 15 is 0 Å². The third-order valence-corrected chi connectivity index (χ3v) is 1.50. The Morgan fingerprint density at radius 1 is 1.62 bits per heavy atom. The number of nitrogens with one attached hydrogen (secondary N) is 1. The Hall–Kier alpha value is -1.03. The minimum atomic E-state index is -0.392. The lowest BCUT2D eigenvalue weighted by Gasteiger charge is -2.12. The number of esters is 1. The fraction of sp³-hybridized carbons (Fsp3) is 0.667. The number of carbonyl (C=O) groups excluding carboxylic acids is 1. The van der Waals surface area contributed by atoms with E-state index in [-0.39, 0.29) is 12.1 Å². The van der Waals surface area contributed by atoms with Crippen LogP contribution in [0.4, 0.5) is 0 Å². The molecule has 2 atom stereocenters. The molecule has 0 aliphatic carbocycles. The molecule has 2 N–H and O–H groups in total. The summed E-state index contributed by atoms with van der Waals surface area (Å²) in [6, 6.07) is 0.140. The van der Waals surface area contributed by atoms with Gasteiger partial charge in [0.2, 0.25) is 0 Å². The van der Waals surface area contributed by atoms with Gasteiger partial charge in [-0.1, -0.05) is 0 Å². The summed E-state index contributed by atoms with van der Waals surface area (Å²) >= 11 is 0. The van der Waals surface area contributed by atoms with Gasteiger partial charge < -0.3 is 15.2 Å². The van der Waals surface area contributed by atoms with Gasteiger partial charge in [-0.3, -0.25) is 0 Å². The average Bonchev–Trinajstić information content (AvgIpc) is 2.02. The summed E-state index contributed by atoms with van der Waals surface area (Å²) < 4.78 is 4.40. The van der Waals surface area contributed by atoms with E-state index < -0.39 is 5.97 Å². The molecule has 0 radical (unpaired) electrons. The molecule has 0 aromatic rings. The second-order valence-corrected chi connectivity index (χ2v) is 3.01. The van der Waals surface area contributed by atoms with Crippen LogP contribution in [0.3, 0.4) is 0 Å². The van der Waals surface area contributed by atoms with Crippen molar-refractivity contribution < 1.29 is 14.6 Å². The van der Waals surface area contributed by atoms with Crippen LogP contribution in [-0.2, 0) is 9.53 Å². The van der Waals surface area contributed by atoms with Gasteiger partial charge in [0, 0.05) is 18.3 Å². The maximum atomic E-state index is 10.6. The molecule has 4 heteroatoms. The lowest BCUT2D eigenvalue weighted by Crippen LogP contribution is -2.24. The quantitative estimate of drug-likeness (QED) is 0.484. The highest BCUT2D eigenvalue weighted by Crippen LogP contribution is 1.95. The average molecular weight is 187 g/mol. The number of hydrogen-bond donors (Lipinski definition) is 2. The normalized spacial score (nSPS) is 15.4. The molecule has 2 unspecified atom stereocenters. The molecule has 4 nitrogen and oxygen atoms in total. The standard InChI is InChI=1S/C9H17NO3/c1-7(6-8(2)11)10-5-4-9(12)13-3/h4-5,7-8,10-11H,6H2,1-3H3/b5-4+. The van der Waals surface area contributed by atoms with Gasteiger partial charge in [-0.25, -0.2) is 4.79 Å². The third-order valence-electron chi connectivity index (χ3n) is 1.50. The summed E-state index contributed by atoms with van der Waals surface area (Å²) in [5.74, 6) is -0.392. The summed E-state index contributed by atoms with van der Waals surface area (Å²) in [6.45, 7) is 3.65. The summed E-state index contributed by atoms with van der Waals surface area (Å²) in [6.07, 6.45) is 3.14. The largest absolute Gasteiger partial charge is 0.466 e. The summed E-state index contributed by atoms with van der Waals surface area (Å²) in [5, 5.41) is 12.0. The zero-order chi connectivity index (χ0) is 10.3. The fourth-order valence-corrected chi connectivity index (χ4v) is 0.928. The van der Waals surface area contributed by atoms with Gasteiger partial charge >= 0.3 is 5.97 Å². The van der Waals surface area contributed by atoms with Crippen molar-refractivity contribution in [2.24, 2.45) is 0 Å². The molecule has 76 valence electrons. The van der Waals surface area contributed by atoms with E-state index in [1.165, 1.54) is 19.4 Å². The lowest BCUT2D eigenvalue weighted by molar-refractivity contribution is -0.134. The molecule has 13 heavy (non-hydrogen) atoms. The lowest BCUT2D eigenvalue weighted by atomic mass is 10.2. The van der Waals surface area contributed by atoms with Gasteiger partial charge in [-0.05, 0) is 20.3 Å². The van der Waals surface area contributed by atoms with Crippen molar-refractivity contribution in [3.8, 4) is 0 Å². The summed E-state index contributed by atoms with van der Waals surface area (Å²) in [4.78, 5) is 10.6. The first-order valence-electron chi connectivity index (χ1n) is 4.25. The van der Waals surface area contributed by atoms with E-state index in [0.717, 1.165) is 0 Å². The van der Waals surface area contributed by atoms with Crippen molar-refractivity contribution in [2.45, 2.75) is 32.4 Å². The Morgan fingerprint density at radius 3 is 2.69 bits per heavy atom. The van der Waals surface area contributed by atoms with Gasteiger partial charge in [-0.2, -0.15) is 0 Å². The number of rotatable bonds is 5. The van der Waals surface area contributed by atoms with Gasteiger partial charge in [0.1, 0.15) is 0 Å². The predicted octanol–water partition coefficient (Wildman–Crippen LogP) is 0.422. The molecule has 0 saturated heterocycles. The van der Waals surface area contributed by atoms with E-state index in [9.17, 15) is 4.79 Å². The van der Waals surface area contributed by atoms with E-state index in [0.29, 0.717) is 6.42 Å². The summed E-state index contributed by atoms with van der Waals surface area (Å²) in [7, 11) is 1.33. The molecule has 0 aliphatic rings. The smallest absolute Gasteiger partial charge is 0.331 e. The van der Waals surface area contributed by atoms with Crippen LogP contribution in [-0.4, -0.2) is 30.3 Å². The van der Waals surface area contributed by atoms with Crippen molar-refractivity contribution in [1.82, 2.24) is 5.32 Å². The van der Waals surface area contributed by atoms with Crippen LogP contribution in [0.5, 0.6) is 0 Å². The fourth-order valence-electron chi connectivity index (χ4n) is 0.928. The van der Waals surface area contributed by atoms with Gasteiger partial charge in [-0.15, -0.1) is 0 Å². The molecule has 0 heterocycles. The molecule has 0 aromatic carbocycles. The van der Waals surface area contributed by atoms with Gasteiger partial charge in [0.05, 0.1) is 13.2 Å². The minimum absolute atomic E-state index is 0.140. The number of ether oxygens (including phenoxy) is 1. The Bertz CT molecular complexity index is 178. The molecule has 0 aliphatic heterocycles. The van der Waals surface area contributed by atoms with E-state index in [1.54, 1.807) is 6.92 Å². The molecule has 0 bridgehead atoms. The Kier molecular flexibility index (Phi) is 5.97. The first-order valence-corrected chi connectivity index (χ1v) is 4.25. The zero-order valence-electron chi connectivity index (χ0n) is 8.28. The number of aliphatic hydroxyl groups is 1.